The molecule has 0 aliphatic carbocycles. The summed E-state index contributed by atoms with van der Waals surface area (Å²) in [6.45, 7) is 8.14. The Labute approximate surface area is 146 Å². The molecule has 0 saturated carbocycles. The van der Waals surface area contributed by atoms with Crippen LogP contribution in [-0.4, -0.2) is 29.9 Å². The number of nitrogens with one attached hydrogen (secondary N) is 1. The zero-order valence-corrected chi connectivity index (χ0v) is 15.3. The number of likely N-dealkylation sites (tertiary alicyclic amines) is 1. The highest BCUT2D eigenvalue weighted by molar-refractivity contribution is 5.96. The van der Waals surface area contributed by atoms with E-state index < -0.39 is 0 Å². The Morgan fingerprint density at radius 2 is 2.00 bits per heavy atom. The zero-order valence-electron chi connectivity index (χ0n) is 14.5. The third-order valence-electron chi connectivity index (χ3n) is 4.46. The van der Waals surface area contributed by atoms with Gasteiger partial charge in [-0.15, -0.1) is 12.4 Å². The van der Waals surface area contributed by atoms with E-state index in [0.29, 0.717) is 0 Å². The van der Waals surface area contributed by atoms with Crippen molar-refractivity contribution in [3.63, 3.8) is 0 Å². The zero-order chi connectivity index (χ0) is 15.9. The molecular weight excluding hydrogens is 308 g/mol. The molecule has 1 heterocycles. The number of halogens is 1. The van der Waals surface area contributed by atoms with Crippen LogP contribution in [0.3, 0.4) is 0 Å². The van der Waals surface area contributed by atoms with Gasteiger partial charge in [0.2, 0.25) is 5.91 Å². The standard InChI is InChI=1S/C19H28N2O.ClH/c1-4-5-7-13-21-14-8-6-12-17(21)19(22)20-18-15(2)10-9-11-16(18)3;/h4-5,9-11,17H,6-8,12-14H2,1-3H3,(H,20,22);1H/b5-4+;/t17-;/m0./s1. The van der Waals surface area contributed by atoms with Crippen molar-refractivity contribution >= 4 is 24.0 Å². The summed E-state index contributed by atoms with van der Waals surface area (Å²) in [5.74, 6) is 0.151. The Hall–Kier alpha value is -1.32. The van der Waals surface area contributed by atoms with Gasteiger partial charge in [-0.05, 0) is 57.7 Å². The van der Waals surface area contributed by atoms with E-state index in [1.807, 2.05) is 39.0 Å². The molecule has 1 atom stereocenters. The van der Waals surface area contributed by atoms with Crippen molar-refractivity contribution in [2.45, 2.75) is 52.5 Å². The highest BCUT2D eigenvalue weighted by Gasteiger charge is 2.28. The molecule has 0 unspecified atom stereocenters. The fourth-order valence-electron chi connectivity index (χ4n) is 3.18. The summed E-state index contributed by atoms with van der Waals surface area (Å²) in [6, 6.07) is 6.14. The normalized spacial score (nSPS) is 18.7. The van der Waals surface area contributed by atoms with Crippen molar-refractivity contribution in [3.05, 3.63) is 41.5 Å². The summed E-state index contributed by atoms with van der Waals surface area (Å²) in [5, 5.41) is 3.17. The van der Waals surface area contributed by atoms with Gasteiger partial charge in [0, 0.05) is 12.2 Å². The molecule has 3 nitrogen and oxygen atoms in total. The smallest absolute Gasteiger partial charge is 0.241 e. The number of carbonyl (C=O) groups excluding carboxylic acids is 1. The van der Waals surface area contributed by atoms with Crippen LogP contribution in [0.1, 0.15) is 43.7 Å². The van der Waals surface area contributed by atoms with Gasteiger partial charge in [0.05, 0.1) is 6.04 Å². The predicted octanol–water partition coefficient (Wildman–Crippen LogP) is 4.48. The molecule has 23 heavy (non-hydrogen) atoms. The van der Waals surface area contributed by atoms with Crippen LogP contribution in [0.15, 0.2) is 30.4 Å². The highest BCUT2D eigenvalue weighted by Crippen LogP contribution is 2.23. The SMILES string of the molecule is C/C=C/CCN1CCCC[C@H]1C(=O)Nc1c(C)cccc1C.Cl. The summed E-state index contributed by atoms with van der Waals surface area (Å²) in [7, 11) is 0. The number of carbonyl (C=O) groups is 1. The number of nitrogens with zero attached hydrogens (tertiary/aromatic N) is 1. The molecule has 0 aromatic heterocycles. The third-order valence-corrected chi connectivity index (χ3v) is 4.46. The number of hydrogen-bond acceptors (Lipinski definition) is 2. The summed E-state index contributed by atoms with van der Waals surface area (Å²) in [4.78, 5) is 15.1. The molecule has 2 rings (SSSR count). The highest BCUT2D eigenvalue weighted by atomic mass is 35.5. The van der Waals surface area contributed by atoms with Crippen molar-refractivity contribution in [2.75, 3.05) is 18.4 Å². The molecule has 1 fully saturated rings. The second kappa shape index (κ2) is 9.74. The Morgan fingerprint density at radius 1 is 1.30 bits per heavy atom. The largest absolute Gasteiger partial charge is 0.324 e. The van der Waals surface area contributed by atoms with Crippen molar-refractivity contribution in [2.24, 2.45) is 0 Å². The molecule has 1 aliphatic rings. The molecule has 1 aliphatic heterocycles. The summed E-state index contributed by atoms with van der Waals surface area (Å²) < 4.78 is 0. The van der Waals surface area contributed by atoms with Gasteiger partial charge in [-0.3, -0.25) is 9.69 Å². The number of para-hydroxylation sites is 1. The van der Waals surface area contributed by atoms with Gasteiger partial charge < -0.3 is 5.32 Å². The van der Waals surface area contributed by atoms with Gasteiger partial charge in [-0.25, -0.2) is 0 Å². The minimum atomic E-state index is 0. The predicted molar refractivity (Wildman–Crippen MR) is 100 cm³/mol. The first-order valence-electron chi connectivity index (χ1n) is 8.35. The summed E-state index contributed by atoms with van der Waals surface area (Å²) in [5.41, 5.74) is 3.24. The van der Waals surface area contributed by atoms with Gasteiger partial charge in [0.1, 0.15) is 0 Å². The van der Waals surface area contributed by atoms with E-state index in [1.165, 1.54) is 6.42 Å². The van der Waals surface area contributed by atoms with Crippen LogP contribution >= 0.6 is 12.4 Å². The number of amides is 1. The molecule has 1 saturated heterocycles. The number of hydrogen-bond donors (Lipinski definition) is 1. The lowest BCUT2D eigenvalue weighted by molar-refractivity contribution is -0.122. The van der Waals surface area contributed by atoms with Gasteiger partial charge in [0.15, 0.2) is 0 Å². The first-order valence-corrected chi connectivity index (χ1v) is 8.35. The lowest BCUT2D eigenvalue weighted by Gasteiger charge is -2.34. The van der Waals surface area contributed by atoms with Gasteiger partial charge in [0.25, 0.3) is 0 Å². The second-order valence-corrected chi connectivity index (χ2v) is 6.16. The van der Waals surface area contributed by atoms with Crippen LogP contribution in [0.5, 0.6) is 0 Å². The van der Waals surface area contributed by atoms with E-state index in [9.17, 15) is 4.79 Å². The summed E-state index contributed by atoms with van der Waals surface area (Å²) in [6.07, 6.45) is 8.58. The molecule has 128 valence electrons. The average molecular weight is 337 g/mol. The first kappa shape index (κ1) is 19.7. The Morgan fingerprint density at radius 3 is 2.65 bits per heavy atom. The maximum atomic E-state index is 12.7. The number of piperidine rings is 1. The molecule has 1 aromatic carbocycles. The van der Waals surface area contributed by atoms with Crippen LogP contribution < -0.4 is 5.32 Å². The van der Waals surface area contributed by atoms with Crippen molar-refractivity contribution in [1.29, 1.82) is 0 Å². The van der Waals surface area contributed by atoms with Gasteiger partial charge >= 0.3 is 0 Å². The second-order valence-electron chi connectivity index (χ2n) is 6.16. The maximum absolute atomic E-state index is 12.7. The molecule has 4 heteroatoms. The van der Waals surface area contributed by atoms with Crippen molar-refractivity contribution < 1.29 is 4.79 Å². The van der Waals surface area contributed by atoms with E-state index in [2.05, 4.69) is 22.4 Å². The molecular formula is C19H29ClN2O. The minimum absolute atomic E-state index is 0. The maximum Gasteiger partial charge on any atom is 0.241 e. The molecule has 0 bridgehead atoms. The van der Waals surface area contributed by atoms with Crippen molar-refractivity contribution in [3.8, 4) is 0 Å². The van der Waals surface area contributed by atoms with Gasteiger partial charge in [-0.1, -0.05) is 36.8 Å². The fraction of sp³-hybridized carbons (Fsp3) is 0.526. The minimum Gasteiger partial charge on any atom is -0.324 e. The Bertz CT molecular complexity index is 522. The van der Waals surface area contributed by atoms with Crippen LogP contribution in [0.4, 0.5) is 5.69 Å². The Balaban J connectivity index is 0.00000264. The van der Waals surface area contributed by atoms with Crippen LogP contribution in [0.2, 0.25) is 0 Å². The molecule has 1 N–H and O–H groups in total. The molecule has 0 radical (unpaired) electrons. The van der Waals surface area contributed by atoms with Crippen LogP contribution in [-0.2, 0) is 4.79 Å². The molecule has 1 amide bonds. The topological polar surface area (TPSA) is 32.3 Å². The lowest BCUT2D eigenvalue weighted by Crippen LogP contribution is -2.47. The van der Waals surface area contributed by atoms with E-state index in [0.717, 1.165) is 49.2 Å². The van der Waals surface area contributed by atoms with E-state index >= 15 is 0 Å². The number of rotatable bonds is 5. The number of anilines is 1. The number of benzene rings is 1. The van der Waals surface area contributed by atoms with E-state index in [1.54, 1.807) is 0 Å². The van der Waals surface area contributed by atoms with Crippen LogP contribution in [0.25, 0.3) is 0 Å². The molecule has 1 aromatic rings. The molecule has 0 spiro atoms. The number of aryl methyl sites for hydroxylation is 2. The van der Waals surface area contributed by atoms with Gasteiger partial charge in [-0.2, -0.15) is 0 Å². The number of allylic oxidation sites excluding steroid dienone is 1. The van der Waals surface area contributed by atoms with E-state index in [4.69, 9.17) is 0 Å². The fourth-order valence-corrected chi connectivity index (χ4v) is 3.18. The van der Waals surface area contributed by atoms with Crippen LogP contribution in [0, 0.1) is 13.8 Å². The van der Waals surface area contributed by atoms with E-state index in [-0.39, 0.29) is 24.4 Å². The average Bonchev–Trinajstić information content (AvgIpc) is 2.51. The Kier molecular flexibility index (Phi) is 8.35. The van der Waals surface area contributed by atoms with Crippen molar-refractivity contribution in [1.82, 2.24) is 4.90 Å². The monoisotopic (exact) mass is 336 g/mol. The quantitative estimate of drug-likeness (QED) is 0.804. The first-order chi connectivity index (χ1) is 10.6. The lowest BCUT2D eigenvalue weighted by atomic mass is 10.0. The third kappa shape index (κ3) is 5.36. The summed E-state index contributed by atoms with van der Waals surface area (Å²) >= 11 is 0.